The van der Waals surface area contributed by atoms with Crippen molar-refractivity contribution >= 4 is 17.3 Å². The van der Waals surface area contributed by atoms with Gasteiger partial charge in [0.25, 0.3) is 0 Å². The molecule has 0 bridgehead atoms. The monoisotopic (exact) mass is 429 g/mol. The predicted molar refractivity (Wildman–Crippen MR) is 136 cm³/mol. The maximum absolute atomic E-state index is 12.5. The van der Waals surface area contributed by atoms with E-state index >= 15 is 0 Å². The third-order valence-electron chi connectivity index (χ3n) is 5.95. The first-order valence-corrected chi connectivity index (χ1v) is 11.4. The Morgan fingerprint density at radius 3 is 2.28 bits per heavy atom. The van der Waals surface area contributed by atoms with Crippen LogP contribution in [0, 0.1) is 5.92 Å². The van der Waals surface area contributed by atoms with Crippen LogP contribution in [0.4, 0.5) is 11.4 Å². The zero-order valence-corrected chi connectivity index (χ0v) is 19.7. The fraction of sp³-hybridized carbons (Fsp3) is 0.321. The van der Waals surface area contributed by atoms with Gasteiger partial charge in [0.2, 0.25) is 5.91 Å². The number of carbonyl (C=O) groups excluding carboxylic acids is 1. The molecule has 4 heteroatoms. The molecule has 0 heterocycles. The molecular weight excluding hydrogens is 394 g/mol. The molecule has 0 spiro atoms. The van der Waals surface area contributed by atoms with E-state index in [1.165, 1.54) is 0 Å². The van der Waals surface area contributed by atoms with Crippen LogP contribution < -0.4 is 16.0 Å². The number of carbonyl (C=O) groups is 1. The molecule has 0 aromatic heterocycles. The molecule has 1 unspecified atom stereocenters. The minimum atomic E-state index is -0.255. The molecule has 0 radical (unpaired) electrons. The van der Waals surface area contributed by atoms with E-state index in [-0.39, 0.29) is 11.3 Å². The molecule has 1 amide bonds. The van der Waals surface area contributed by atoms with Gasteiger partial charge < -0.3 is 16.0 Å². The van der Waals surface area contributed by atoms with E-state index in [2.05, 4.69) is 80.6 Å². The quantitative estimate of drug-likeness (QED) is 0.447. The normalized spacial score (nSPS) is 15.6. The van der Waals surface area contributed by atoms with Gasteiger partial charge in [0.05, 0.1) is 6.42 Å². The fourth-order valence-corrected chi connectivity index (χ4v) is 3.63. The molecule has 2 aromatic carbocycles. The second kappa shape index (κ2) is 10.4. The zero-order chi connectivity index (χ0) is 23.1. The maximum atomic E-state index is 12.5. The van der Waals surface area contributed by atoms with Crippen molar-refractivity contribution in [2.24, 2.45) is 5.92 Å². The summed E-state index contributed by atoms with van der Waals surface area (Å²) >= 11 is 0. The van der Waals surface area contributed by atoms with Crippen molar-refractivity contribution in [2.45, 2.75) is 46.0 Å². The van der Waals surface area contributed by atoms with Crippen molar-refractivity contribution in [2.75, 3.05) is 17.2 Å². The summed E-state index contributed by atoms with van der Waals surface area (Å²) in [5.74, 6) is 0.562. The Balaban J connectivity index is 1.57. The van der Waals surface area contributed by atoms with Crippen molar-refractivity contribution < 1.29 is 4.79 Å². The molecule has 1 atom stereocenters. The molecule has 32 heavy (non-hydrogen) atoms. The van der Waals surface area contributed by atoms with Gasteiger partial charge in [-0.15, -0.1) is 0 Å². The van der Waals surface area contributed by atoms with Crippen LogP contribution in [0.5, 0.6) is 0 Å². The number of hydrogen-bond acceptors (Lipinski definition) is 3. The Labute approximate surface area is 192 Å². The molecule has 1 aliphatic carbocycles. The fourth-order valence-electron chi connectivity index (χ4n) is 3.63. The summed E-state index contributed by atoms with van der Waals surface area (Å²) < 4.78 is 0. The molecule has 3 N–H and O–H groups in total. The molecule has 0 saturated carbocycles. The molecular formula is C28H35N3O. The Morgan fingerprint density at radius 2 is 1.69 bits per heavy atom. The molecule has 0 fully saturated rings. The summed E-state index contributed by atoms with van der Waals surface area (Å²) in [7, 11) is 0. The van der Waals surface area contributed by atoms with Gasteiger partial charge >= 0.3 is 0 Å². The maximum Gasteiger partial charge on any atom is 0.228 e. The van der Waals surface area contributed by atoms with Gasteiger partial charge in [-0.1, -0.05) is 63.8 Å². The van der Waals surface area contributed by atoms with Crippen molar-refractivity contribution in [1.29, 1.82) is 0 Å². The second-order valence-corrected chi connectivity index (χ2v) is 8.99. The minimum absolute atomic E-state index is 0.0236. The van der Waals surface area contributed by atoms with Crippen molar-refractivity contribution in [3.8, 4) is 0 Å². The Bertz CT molecular complexity index is 998. The molecule has 0 saturated heterocycles. The number of hydrogen-bond donors (Lipinski definition) is 3. The van der Waals surface area contributed by atoms with Crippen molar-refractivity contribution in [1.82, 2.24) is 5.32 Å². The summed E-state index contributed by atoms with van der Waals surface area (Å²) in [6.07, 6.45) is 7.96. The lowest BCUT2D eigenvalue weighted by molar-refractivity contribution is -0.115. The van der Waals surface area contributed by atoms with Crippen molar-refractivity contribution in [3.63, 3.8) is 0 Å². The minimum Gasteiger partial charge on any atom is -0.385 e. The standard InChI is InChI=1S/C28H35N3O/c1-6-29-24-15-9-22(10-16-24)19-27(32)31-26-17-11-23(12-18-26)28(4,5)21(3)30-25-13-7-20(2)8-14-25/h7,9-18,20,29-30H,3,6,8,19H2,1-2,4-5H3,(H,31,32). The number of nitrogens with one attached hydrogen (secondary N) is 3. The van der Waals surface area contributed by atoms with Crippen LogP contribution in [0.25, 0.3) is 0 Å². The summed E-state index contributed by atoms with van der Waals surface area (Å²) in [6, 6.07) is 16.0. The van der Waals surface area contributed by atoms with Gasteiger partial charge in [-0.3, -0.25) is 4.79 Å². The largest absolute Gasteiger partial charge is 0.385 e. The molecule has 2 aromatic rings. The molecule has 168 valence electrons. The van der Waals surface area contributed by atoms with Crippen LogP contribution in [-0.4, -0.2) is 12.5 Å². The topological polar surface area (TPSA) is 53.2 Å². The number of benzene rings is 2. The molecule has 3 rings (SSSR count). The molecule has 1 aliphatic rings. The van der Waals surface area contributed by atoms with Crippen LogP contribution in [0.1, 0.15) is 45.2 Å². The van der Waals surface area contributed by atoms with Gasteiger partial charge in [0.1, 0.15) is 0 Å². The SMILES string of the molecule is C=C(NC1=CCC(C)C=C1)C(C)(C)c1ccc(NC(=O)Cc2ccc(NCC)cc2)cc1. The summed E-state index contributed by atoms with van der Waals surface area (Å²) in [4.78, 5) is 12.5. The Morgan fingerprint density at radius 1 is 1.03 bits per heavy atom. The third kappa shape index (κ3) is 6.13. The first-order chi connectivity index (χ1) is 15.3. The van der Waals surface area contributed by atoms with E-state index < -0.39 is 0 Å². The zero-order valence-electron chi connectivity index (χ0n) is 19.7. The van der Waals surface area contributed by atoms with Gasteiger partial charge in [-0.2, -0.15) is 0 Å². The lowest BCUT2D eigenvalue weighted by Crippen LogP contribution is -2.29. The highest BCUT2D eigenvalue weighted by atomic mass is 16.1. The van der Waals surface area contributed by atoms with Gasteiger partial charge in [-0.25, -0.2) is 0 Å². The van der Waals surface area contributed by atoms with Crippen LogP contribution in [0.2, 0.25) is 0 Å². The predicted octanol–water partition coefficient (Wildman–Crippen LogP) is 6.16. The lowest BCUT2D eigenvalue weighted by atomic mass is 9.81. The Kier molecular flexibility index (Phi) is 7.57. The number of rotatable bonds is 9. The third-order valence-corrected chi connectivity index (χ3v) is 5.95. The number of amides is 1. The van der Waals surface area contributed by atoms with E-state index in [1.807, 2.05) is 36.4 Å². The summed E-state index contributed by atoms with van der Waals surface area (Å²) in [5, 5.41) is 9.73. The summed E-state index contributed by atoms with van der Waals surface area (Å²) in [5.41, 5.74) is 5.78. The van der Waals surface area contributed by atoms with E-state index in [9.17, 15) is 4.79 Å². The van der Waals surface area contributed by atoms with Gasteiger partial charge in [0, 0.05) is 34.7 Å². The van der Waals surface area contributed by atoms with Crippen molar-refractivity contribution in [3.05, 3.63) is 95.9 Å². The average Bonchev–Trinajstić information content (AvgIpc) is 2.77. The van der Waals surface area contributed by atoms with Crippen LogP contribution in [-0.2, 0) is 16.6 Å². The van der Waals surface area contributed by atoms with Crippen LogP contribution >= 0.6 is 0 Å². The van der Waals surface area contributed by atoms with Gasteiger partial charge in [0.15, 0.2) is 0 Å². The smallest absolute Gasteiger partial charge is 0.228 e. The van der Waals surface area contributed by atoms with Gasteiger partial charge in [-0.05, 0) is 60.7 Å². The number of anilines is 2. The first-order valence-electron chi connectivity index (χ1n) is 11.4. The van der Waals surface area contributed by atoms with Crippen LogP contribution in [0.3, 0.4) is 0 Å². The highest BCUT2D eigenvalue weighted by Gasteiger charge is 2.25. The highest BCUT2D eigenvalue weighted by Crippen LogP contribution is 2.31. The lowest BCUT2D eigenvalue weighted by Gasteiger charge is -2.30. The number of allylic oxidation sites excluding steroid dienone is 4. The van der Waals surface area contributed by atoms with E-state index in [1.54, 1.807) is 0 Å². The average molecular weight is 430 g/mol. The second-order valence-electron chi connectivity index (χ2n) is 8.99. The Hall–Kier alpha value is -3.27. The molecule has 4 nitrogen and oxygen atoms in total. The highest BCUT2D eigenvalue weighted by molar-refractivity contribution is 5.92. The van der Waals surface area contributed by atoms with E-state index in [0.717, 1.165) is 46.9 Å². The molecule has 0 aliphatic heterocycles. The van der Waals surface area contributed by atoms with E-state index in [4.69, 9.17) is 0 Å². The summed E-state index contributed by atoms with van der Waals surface area (Å²) in [6.45, 7) is 13.8. The van der Waals surface area contributed by atoms with Crippen LogP contribution in [0.15, 0.2) is 84.7 Å². The first kappa shape index (κ1) is 23.4. The van der Waals surface area contributed by atoms with E-state index in [0.29, 0.717) is 12.3 Å².